The zero-order valence-corrected chi connectivity index (χ0v) is 10.1. The number of benzene rings is 1. The highest BCUT2D eigenvalue weighted by Crippen LogP contribution is 2.31. The molecule has 5 nitrogen and oxygen atoms in total. The lowest BCUT2D eigenvalue weighted by molar-refractivity contribution is -0.138. The second-order valence-electron chi connectivity index (χ2n) is 3.95. The SMILES string of the molecule is Cn1nnc(CNCc2ccccc2C(F)(F)F)n1. The van der Waals surface area contributed by atoms with E-state index in [0.717, 1.165) is 6.07 Å². The van der Waals surface area contributed by atoms with Crippen molar-refractivity contribution in [1.82, 2.24) is 25.5 Å². The Labute approximate surface area is 107 Å². The van der Waals surface area contributed by atoms with Gasteiger partial charge in [0, 0.05) is 6.54 Å². The van der Waals surface area contributed by atoms with Crippen molar-refractivity contribution in [2.24, 2.45) is 7.05 Å². The number of nitrogens with zero attached hydrogens (tertiary/aromatic N) is 4. The minimum Gasteiger partial charge on any atom is -0.306 e. The van der Waals surface area contributed by atoms with Crippen LogP contribution >= 0.6 is 0 Å². The smallest absolute Gasteiger partial charge is 0.306 e. The highest BCUT2D eigenvalue weighted by molar-refractivity contribution is 5.29. The zero-order valence-electron chi connectivity index (χ0n) is 10.1. The molecule has 8 heteroatoms. The first-order chi connectivity index (χ1) is 8.97. The van der Waals surface area contributed by atoms with Crippen LogP contribution in [0.15, 0.2) is 24.3 Å². The quantitative estimate of drug-likeness (QED) is 0.916. The minimum atomic E-state index is -4.34. The van der Waals surface area contributed by atoms with Gasteiger partial charge in [0.25, 0.3) is 0 Å². The Morgan fingerprint density at radius 1 is 1.21 bits per heavy atom. The van der Waals surface area contributed by atoms with Crippen LogP contribution in [0.25, 0.3) is 0 Å². The number of nitrogens with one attached hydrogen (secondary N) is 1. The van der Waals surface area contributed by atoms with Crippen molar-refractivity contribution in [3.63, 3.8) is 0 Å². The standard InChI is InChI=1S/C11H12F3N5/c1-19-17-10(16-18-19)7-15-6-8-4-2-3-5-9(8)11(12,13)14/h2-5,15H,6-7H2,1H3. The number of tetrazole rings is 1. The maximum atomic E-state index is 12.7. The van der Waals surface area contributed by atoms with Crippen LogP contribution in [0.2, 0.25) is 0 Å². The zero-order chi connectivity index (χ0) is 13.9. The average Bonchev–Trinajstić information content (AvgIpc) is 2.74. The van der Waals surface area contributed by atoms with E-state index in [1.807, 2.05) is 0 Å². The molecule has 0 amide bonds. The van der Waals surface area contributed by atoms with Gasteiger partial charge < -0.3 is 5.32 Å². The maximum Gasteiger partial charge on any atom is 0.416 e. The summed E-state index contributed by atoms with van der Waals surface area (Å²) < 4.78 is 38.2. The maximum absolute atomic E-state index is 12.7. The molecule has 102 valence electrons. The summed E-state index contributed by atoms with van der Waals surface area (Å²) in [6.45, 7) is 0.355. The molecule has 0 aliphatic heterocycles. The molecule has 1 heterocycles. The van der Waals surface area contributed by atoms with E-state index < -0.39 is 11.7 Å². The highest BCUT2D eigenvalue weighted by Gasteiger charge is 2.32. The minimum absolute atomic E-state index is 0.0912. The Morgan fingerprint density at radius 3 is 2.58 bits per heavy atom. The van der Waals surface area contributed by atoms with Crippen LogP contribution in [-0.4, -0.2) is 20.2 Å². The van der Waals surface area contributed by atoms with Crippen molar-refractivity contribution in [2.45, 2.75) is 19.3 Å². The van der Waals surface area contributed by atoms with Gasteiger partial charge in [0.05, 0.1) is 19.2 Å². The molecular formula is C11H12F3N5. The summed E-state index contributed by atoms with van der Waals surface area (Å²) in [6.07, 6.45) is -4.34. The molecule has 0 fully saturated rings. The number of aromatic nitrogens is 4. The third-order valence-corrected chi connectivity index (χ3v) is 2.47. The molecule has 1 aromatic carbocycles. The molecule has 2 aromatic rings. The monoisotopic (exact) mass is 271 g/mol. The van der Waals surface area contributed by atoms with Crippen LogP contribution in [0.3, 0.4) is 0 Å². The Bertz CT molecular complexity index is 549. The molecule has 0 radical (unpaired) electrons. The van der Waals surface area contributed by atoms with Crippen molar-refractivity contribution in [3.8, 4) is 0 Å². The Hall–Kier alpha value is -1.96. The fourth-order valence-electron chi connectivity index (χ4n) is 1.65. The molecule has 19 heavy (non-hydrogen) atoms. The van der Waals surface area contributed by atoms with Gasteiger partial charge in [-0.3, -0.25) is 0 Å². The molecule has 0 atom stereocenters. The summed E-state index contributed by atoms with van der Waals surface area (Å²) in [4.78, 5) is 1.29. The molecule has 0 bridgehead atoms. The lowest BCUT2D eigenvalue weighted by Gasteiger charge is -2.12. The van der Waals surface area contributed by atoms with E-state index in [9.17, 15) is 13.2 Å². The number of alkyl halides is 3. The molecule has 0 spiro atoms. The normalized spacial score (nSPS) is 11.8. The van der Waals surface area contributed by atoms with Gasteiger partial charge in [-0.2, -0.15) is 18.0 Å². The number of hydrogen-bond donors (Lipinski definition) is 1. The summed E-state index contributed by atoms with van der Waals surface area (Å²) in [6, 6.07) is 5.46. The molecular weight excluding hydrogens is 259 g/mol. The topological polar surface area (TPSA) is 55.6 Å². The first-order valence-corrected chi connectivity index (χ1v) is 5.55. The van der Waals surface area contributed by atoms with Crippen LogP contribution in [0.5, 0.6) is 0 Å². The van der Waals surface area contributed by atoms with Crippen LogP contribution in [0, 0.1) is 0 Å². The summed E-state index contributed by atoms with van der Waals surface area (Å²) in [5.74, 6) is 0.437. The second-order valence-corrected chi connectivity index (χ2v) is 3.95. The van der Waals surface area contributed by atoms with Gasteiger partial charge in [-0.1, -0.05) is 18.2 Å². The van der Waals surface area contributed by atoms with Gasteiger partial charge in [0.15, 0.2) is 5.82 Å². The largest absolute Gasteiger partial charge is 0.416 e. The van der Waals surface area contributed by atoms with Crippen LogP contribution in [0.1, 0.15) is 17.0 Å². The average molecular weight is 271 g/mol. The van der Waals surface area contributed by atoms with E-state index in [-0.39, 0.29) is 18.7 Å². The predicted molar refractivity (Wildman–Crippen MR) is 60.8 cm³/mol. The Kier molecular flexibility index (Phi) is 3.79. The second kappa shape index (κ2) is 5.35. The van der Waals surface area contributed by atoms with Crippen molar-refractivity contribution in [1.29, 1.82) is 0 Å². The molecule has 0 saturated carbocycles. The molecule has 1 aromatic heterocycles. The number of aryl methyl sites for hydroxylation is 1. The van der Waals surface area contributed by atoms with Crippen LogP contribution < -0.4 is 5.32 Å². The molecule has 1 N–H and O–H groups in total. The number of halogens is 3. The number of rotatable bonds is 4. The fraction of sp³-hybridized carbons (Fsp3) is 0.364. The van der Waals surface area contributed by atoms with E-state index in [1.165, 1.54) is 16.9 Å². The predicted octanol–water partition coefficient (Wildman–Crippen LogP) is 1.52. The third-order valence-electron chi connectivity index (χ3n) is 2.47. The molecule has 2 rings (SSSR count). The van der Waals surface area contributed by atoms with E-state index in [2.05, 4.69) is 20.7 Å². The highest BCUT2D eigenvalue weighted by atomic mass is 19.4. The molecule has 0 unspecified atom stereocenters. The van der Waals surface area contributed by atoms with Crippen LogP contribution in [-0.2, 0) is 26.3 Å². The van der Waals surface area contributed by atoms with E-state index in [1.54, 1.807) is 13.1 Å². The van der Waals surface area contributed by atoms with Crippen molar-refractivity contribution < 1.29 is 13.2 Å². The van der Waals surface area contributed by atoms with E-state index in [4.69, 9.17) is 0 Å². The summed E-state index contributed by atoms with van der Waals surface area (Å²) >= 11 is 0. The number of hydrogen-bond acceptors (Lipinski definition) is 4. The first kappa shape index (κ1) is 13.5. The van der Waals surface area contributed by atoms with Gasteiger partial charge in [-0.05, 0) is 16.8 Å². The molecule has 0 aliphatic carbocycles. The van der Waals surface area contributed by atoms with E-state index in [0.29, 0.717) is 5.82 Å². The van der Waals surface area contributed by atoms with Gasteiger partial charge >= 0.3 is 6.18 Å². The van der Waals surface area contributed by atoms with Gasteiger partial charge in [0.1, 0.15) is 0 Å². The van der Waals surface area contributed by atoms with Crippen molar-refractivity contribution in [2.75, 3.05) is 0 Å². The summed E-state index contributed by atoms with van der Waals surface area (Å²) in [5.41, 5.74) is -0.437. The van der Waals surface area contributed by atoms with Crippen molar-refractivity contribution in [3.05, 3.63) is 41.2 Å². The molecule has 0 aliphatic rings. The third kappa shape index (κ3) is 3.50. The van der Waals surface area contributed by atoms with Crippen molar-refractivity contribution >= 4 is 0 Å². The lowest BCUT2D eigenvalue weighted by atomic mass is 10.1. The first-order valence-electron chi connectivity index (χ1n) is 5.55. The van der Waals surface area contributed by atoms with Crippen LogP contribution in [0.4, 0.5) is 13.2 Å². The summed E-state index contributed by atoms with van der Waals surface area (Å²) in [5, 5.41) is 14.2. The molecule has 0 saturated heterocycles. The van der Waals surface area contributed by atoms with E-state index >= 15 is 0 Å². The lowest BCUT2D eigenvalue weighted by Crippen LogP contribution is -2.18. The van der Waals surface area contributed by atoms with Gasteiger partial charge in [-0.25, -0.2) is 0 Å². The Balaban J connectivity index is 2.00. The fourth-order valence-corrected chi connectivity index (χ4v) is 1.65. The van der Waals surface area contributed by atoms with Gasteiger partial charge in [0.2, 0.25) is 0 Å². The van der Waals surface area contributed by atoms with Gasteiger partial charge in [-0.15, -0.1) is 10.2 Å². The Morgan fingerprint density at radius 2 is 1.95 bits per heavy atom. The summed E-state index contributed by atoms with van der Waals surface area (Å²) in [7, 11) is 1.62.